The van der Waals surface area contributed by atoms with Gasteiger partial charge in [0.05, 0.1) is 5.60 Å². The minimum absolute atomic E-state index is 0.411. The van der Waals surface area contributed by atoms with Crippen LogP contribution < -0.4 is 5.73 Å². The summed E-state index contributed by atoms with van der Waals surface area (Å²) in [5, 5.41) is 11.2. The summed E-state index contributed by atoms with van der Waals surface area (Å²) >= 11 is 5.84. The first-order valence-electron chi connectivity index (χ1n) is 5.67. The van der Waals surface area contributed by atoms with Crippen LogP contribution in [0.3, 0.4) is 0 Å². The number of anilines is 1. The van der Waals surface area contributed by atoms with Gasteiger partial charge in [0.15, 0.2) is 0 Å². The highest BCUT2D eigenvalue weighted by molar-refractivity contribution is 6.30. The number of aromatic nitrogens is 1. The van der Waals surface area contributed by atoms with E-state index in [1.54, 1.807) is 25.3 Å². The maximum Gasteiger partial charge on any atom is 0.126 e. The molecule has 0 saturated carbocycles. The van der Waals surface area contributed by atoms with Gasteiger partial charge in [-0.15, -0.1) is 0 Å². The zero-order valence-corrected chi connectivity index (χ0v) is 10.9. The lowest BCUT2D eigenvalue weighted by Gasteiger charge is -2.24. The molecule has 3 nitrogen and oxygen atoms in total. The number of rotatable bonds is 3. The fourth-order valence-corrected chi connectivity index (χ4v) is 2.01. The second-order valence-corrected chi connectivity index (χ2v) is 4.94. The first-order valence-corrected chi connectivity index (χ1v) is 6.04. The summed E-state index contributed by atoms with van der Waals surface area (Å²) in [7, 11) is 0. The maximum absolute atomic E-state index is 10.5. The predicted octanol–water partition coefficient (Wildman–Crippen LogP) is 2.77. The van der Waals surface area contributed by atoms with Gasteiger partial charge in [-0.3, -0.25) is 0 Å². The molecule has 18 heavy (non-hydrogen) atoms. The number of hydrogen-bond acceptors (Lipinski definition) is 3. The molecule has 1 heterocycles. The molecule has 0 aliphatic carbocycles. The first kappa shape index (κ1) is 12.9. The SMILES string of the molecule is CC(O)(Cc1cccnc1N)c1ccc(Cl)cc1. The van der Waals surface area contributed by atoms with Crippen molar-refractivity contribution < 1.29 is 5.11 Å². The van der Waals surface area contributed by atoms with Gasteiger partial charge in [0, 0.05) is 17.6 Å². The van der Waals surface area contributed by atoms with Gasteiger partial charge in [0.2, 0.25) is 0 Å². The van der Waals surface area contributed by atoms with Crippen LogP contribution in [0.1, 0.15) is 18.1 Å². The molecule has 4 heteroatoms. The van der Waals surface area contributed by atoms with Gasteiger partial charge in [-0.25, -0.2) is 4.98 Å². The highest BCUT2D eigenvalue weighted by atomic mass is 35.5. The van der Waals surface area contributed by atoms with E-state index in [1.807, 2.05) is 24.3 Å². The molecule has 2 rings (SSSR count). The molecular formula is C14H15ClN2O. The van der Waals surface area contributed by atoms with Crippen LogP contribution in [0.25, 0.3) is 0 Å². The molecule has 1 aromatic heterocycles. The summed E-state index contributed by atoms with van der Waals surface area (Å²) in [4.78, 5) is 4.02. The van der Waals surface area contributed by atoms with Crippen molar-refractivity contribution in [2.24, 2.45) is 0 Å². The van der Waals surface area contributed by atoms with Gasteiger partial charge in [0.25, 0.3) is 0 Å². The number of nitrogens with zero attached hydrogens (tertiary/aromatic N) is 1. The number of pyridine rings is 1. The van der Waals surface area contributed by atoms with E-state index in [4.69, 9.17) is 17.3 Å². The Labute approximate surface area is 111 Å². The van der Waals surface area contributed by atoms with Crippen LogP contribution in [0.5, 0.6) is 0 Å². The summed E-state index contributed by atoms with van der Waals surface area (Å²) in [6.45, 7) is 1.75. The topological polar surface area (TPSA) is 59.1 Å². The lowest BCUT2D eigenvalue weighted by Crippen LogP contribution is -2.24. The fourth-order valence-electron chi connectivity index (χ4n) is 1.88. The van der Waals surface area contributed by atoms with Gasteiger partial charge < -0.3 is 10.8 Å². The van der Waals surface area contributed by atoms with Crippen LogP contribution in [0, 0.1) is 0 Å². The molecule has 0 radical (unpaired) electrons. The summed E-state index contributed by atoms with van der Waals surface area (Å²) in [5.74, 6) is 0.451. The molecule has 0 spiro atoms. The minimum Gasteiger partial charge on any atom is -0.385 e. The van der Waals surface area contributed by atoms with Crippen molar-refractivity contribution in [3.05, 3.63) is 58.7 Å². The predicted molar refractivity (Wildman–Crippen MR) is 73.4 cm³/mol. The van der Waals surface area contributed by atoms with Crippen molar-refractivity contribution in [3.8, 4) is 0 Å². The molecule has 0 fully saturated rings. The Morgan fingerprint density at radius 1 is 1.28 bits per heavy atom. The second kappa shape index (κ2) is 4.96. The quantitative estimate of drug-likeness (QED) is 0.894. The van der Waals surface area contributed by atoms with Gasteiger partial charge in [-0.2, -0.15) is 0 Å². The van der Waals surface area contributed by atoms with E-state index in [0.717, 1.165) is 11.1 Å². The average molecular weight is 263 g/mol. The molecule has 0 bridgehead atoms. The Morgan fingerprint density at radius 3 is 2.56 bits per heavy atom. The highest BCUT2D eigenvalue weighted by Crippen LogP contribution is 2.27. The second-order valence-electron chi connectivity index (χ2n) is 4.51. The molecule has 0 amide bonds. The summed E-state index contributed by atoms with van der Waals surface area (Å²) in [5.41, 5.74) is 6.42. The molecule has 0 aliphatic heterocycles. The van der Waals surface area contributed by atoms with E-state index >= 15 is 0 Å². The summed E-state index contributed by atoms with van der Waals surface area (Å²) < 4.78 is 0. The van der Waals surface area contributed by atoms with Crippen molar-refractivity contribution >= 4 is 17.4 Å². The van der Waals surface area contributed by atoms with E-state index in [1.165, 1.54) is 0 Å². The molecule has 2 aromatic rings. The third kappa shape index (κ3) is 2.81. The van der Waals surface area contributed by atoms with Crippen molar-refractivity contribution in [3.63, 3.8) is 0 Å². The summed E-state index contributed by atoms with van der Waals surface area (Å²) in [6.07, 6.45) is 2.05. The van der Waals surface area contributed by atoms with E-state index in [9.17, 15) is 5.11 Å². The van der Waals surface area contributed by atoms with Gasteiger partial charge in [-0.05, 0) is 36.2 Å². The molecule has 1 atom stereocenters. The van der Waals surface area contributed by atoms with E-state index < -0.39 is 5.60 Å². The van der Waals surface area contributed by atoms with Crippen LogP contribution in [-0.4, -0.2) is 10.1 Å². The standard InChI is InChI=1S/C14H15ClN2O/c1-14(18,11-4-6-12(15)7-5-11)9-10-3-2-8-17-13(10)16/h2-8,18H,9H2,1H3,(H2,16,17). The lowest BCUT2D eigenvalue weighted by atomic mass is 9.89. The number of aliphatic hydroxyl groups is 1. The monoisotopic (exact) mass is 262 g/mol. The normalized spacial score (nSPS) is 14.2. The Morgan fingerprint density at radius 2 is 1.94 bits per heavy atom. The molecule has 0 aliphatic rings. The van der Waals surface area contributed by atoms with Crippen molar-refractivity contribution in [1.29, 1.82) is 0 Å². The van der Waals surface area contributed by atoms with Crippen LogP contribution in [-0.2, 0) is 12.0 Å². The number of halogens is 1. The third-order valence-electron chi connectivity index (χ3n) is 2.93. The lowest BCUT2D eigenvalue weighted by molar-refractivity contribution is 0.0577. The molecule has 0 saturated heterocycles. The van der Waals surface area contributed by atoms with Crippen LogP contribution in [0.4, 0.5) is 5.82 Å². The van der Waals surface area contributed by atoms with Crippen LogP contribution in [0.2, 0.25) is 5.02 Å². The first-order chi connectivity index (χ1) is 8.49. The zero-order chi connectivity index (χ0) is 13.2. The molecule has 94 valence electrons. The number of hydrogen-bond donors (Lipinski definition) is 2. The Balaban J connectivity index is 2.27. The van der Waals surface area contributed by atoms with Gasteiger partial charge in [-0.1, -0.05) is 29.8 Å². The van der Waals surface area contributed by atoms with Crippen molar-refractivity contribution in [2.75, 3.05) is 5.73 Å². The zero-order valence-electron chi connectivity index (χ0n) is 10.1. The van der Waals surface area contributed by atoms with Gasteiger partial charge >= 0.3 is 0 Å². The van der Waals surface area contributed by atoms with E-state index in [2.05, 4.69) is 4.98 Å². The minimum atomic E-state index is -0.998. The number of nitrogens with two attached hydrogens (primary N) is 1. The van der Waals surface area contributed by atoms with Crippen LogP contribution >= 0.6 is 11.6 Å². The van der Waals surface area contributed by atoms with E-state index in [0.29, 0.717) is 17.3 Å². The van der Waals surface area contributed by atoms with E-state index in [-0.39, 0.29) is 0 Å². The molecule has 3 N–H and O–H groups in total. The Hall–Kier alpha value is -1.58. The fraction of sp³-hybridized carbons (Fsp3) is 0.214. The maximum atomic E-state index is 10.5. The van der Waals surface area contributed by atoms with Crippen molar-refractivity contribution in [1.82, 2.24) is 4.98 Å². The van der Waals surface area contributed by atoms with Crippen molar-refractivity contribution in [2.45, 2.75) is 18.9 Å². The number of benzene rings is 1. The highest BCUT2D eigenvalue weighted by Gasteiger charge is 2.24. The number of nitrogen functional groups attached to an aromatic ring is 1. The average Bonchev–Trinajstić information content (AvgIpc) is 2.32. The Bertz CT molecular complexity index is 538. The molecule has 1 aromatic carbocycles. The molecule has 1 unspecified atom stereocenters. The molecular weight excluding hydrogens is 248 g/mol. The largest absolute Gasteiger partial charge is 0.385 e. The Kier molecular flexibility index (Phi) is 3.55. The summed E-state index contributed by atoms with van der Waals surface area (Å²) in [6, 6.07) is 10.8. The smallest absolute Gasteiger partial charge is 0.126 e. The third-order valence-corrected chi connectivity index (χ3v) is 3.18. The van der Waals surface area contributed by atoms with Gasteiger partial charge in [0.1, 0.15) is 5.82 Å². The van der Waals surface area contributed by atoms with Crippen LogP contribution in [0.15, 0.2) is 42.6 Å².